The summed E-state index contributed by atoms with van der Waals surface area (Å²) in [5.74, 6) is 0.914. The third-order valence-electron chi connectivity index (χ3n) is 2.84. The van der Waals surface area contributed by atoms with Crippen LogP contribution in [0, 0.1) is 0 Å². The van der Waals surface area contributed by atoms with Gasteiger partial charge in [0.1, 0.15) is 5.75 Å². The normalized spacial score (nSPS) is 9.90. The van der Waals surface area contributed by atoms with E-state index in [1.165, 1.54) is 5.56 Å². The van der Waals surface area contributed by atoms with E-state index in [2.05, 4.69) is 17.4 Å². The molecule has 0 amide bonds. The van der Waals surface area contributed by atoms with Gasteiger partial charge in [-0.05, 0) is 36.2 Å². The van der Waals surface area contributed by atoms with Crippen molar-refractivity contribution in [2.75, 3.05) is 6.61 Å². The Morgan fingerprint density at radius 2 is 1.70 bits per heavy atom. The Morgan fingerprint density at radius 1 is 1.00 bits per heavy atom. The molecule has 2 rings (SSSR count). The van der Waals surface area contributed by atoms with Gasteiger partial charge in [-0.15, -0.1) is 0 Å². The quantitative estimate of drug-likeness (QED) is 0.860. The highest BCUT2D eigenvalue weighted by Crippen LogP contribution is 2.15. The van der Waals surface area contributed by atoms with Crippen LogP contribution in [0.25, 0.3) is 0 Å². The zero-order valence-corrected chi connectivity index (χ0v) is 12.9. The minimum Gasteiger partial charge on any atom is -1.00 e. The summed E-state index contributed by atoms with van der Waals surface area (Å²) in [4.78, 5) is 0. The number of hydrogen-bond acceptors (Lipinski definition) is 2. The van der Waals surface area contributed by atoms with Gasteiger partial charge < -0.3 is 22.5 Å². The molecule has 0 saturated heterocycles. The van der Waals surface area contributed by atoms with Crippen LogP contribution < -0.4 is 22.5 Å². The number of ether oxygens (including phenoxy) is 1. The SMILES string of the molecule is CCOc1ccc(CNCc2ccccc2Cl)cc1.[Cl-]. The van der Waals surface area contributed by atoms with E-state index in [1.807, 2.05) is 43.3 Å². The molecule has 0 radical (unpaired) electrons. The van der Waals surface area contributed by atoms with Crippen molar-refractivity contribution in [3.05, 3.63) is 64.7 Å². The monoisotopic (exact) mass is 310 g/mol. The summed E-state index contributed by atoms with van der Waals surface area (Å²) in [6.07, 6.45) is 0. The van der Waals surface area contributed by atoms with Crippen molar-refractivity contribution < 1.29 is 17.1 Å². The first-order valence-corrected chi connectivity index (χ1v) is 6.83. The molecule has 0 aliphatic carbocycles. The lowest BCUT2D eigenvalue weighted by atomic mass is 10.2. The highest BCUT2D eigenvalue weighted by Gasteiger charge is 1.99. The fourth-order valence-corrected chi connectivity index (χ4v) is 2.06. The first-order valence-electron chi connectivity index (χ1n) is 6.45. The lowest BCUT2D eigenvalue weighted by Crippen LogP contribution is -3.00. The van der Waals surface area contributed by atoms with Crippen LogP contribution in [0.1, 0.15) is 18.1 Å². The molecule has 0 aliphatic rings. The maximum absolute atomic E-state index is 6.11. The van der Waals surface area contributed by atoms with Crippen molar-refractivity contribution in [3.8, 4) is 5.75 Å². The Morgan fingerprint density at radius 3 is 2.35 bits per heavy atom. The smallest absolute Gasteiger partial charge is 0.119 e. The van der Waals surface area contributed by atoms with Gasteiger partial charge in [-0.2, -0.15) is 0 Å². The molecule has 108 valence electrons. The average Bonchev–Trinajstić information content (AvgIpc) is 2.43. The second-order valence-electron chi connectivity index (χ2n) is 4.27. The van der Waals surface area contributed by atoms with E-state index >= 15 is 0 Å². The van der Waals surface area contributed by atoms with Crippen LogP contribution >= 0.6 is 11.6 Å². The summed E-state index contributed by atoms with van der Waals surface area (Å²) in [5, 5.41) is 4.19. The Balaban J connectivity index is 0.00000200. The van der Waals surface area contributed by atoms with Gasteiger partial charge >= 0.3 is 0 Å². The van der Waals surface area contributed by atoms with Gasteiger partial charge in [0.25, 0.3) is 0 Å². The number of hydrogen-bond donors (Lipinski definition) is 1. The zero-order valence-electron chi connectivity index (χ0n) is 11.4. The summed E-state index contributed by atoms with van der Waals surface area (Å²) in [6, 6.07) is 16.0. The fraction of sp³-hybridized carbons (Fsp3) is 0.250. The van der Waals surface area contributed by atoms with E-state index in [4.69, 9.17) is 16.3 Å². The molecule has 4 heteroatoms. The third kappa shape index (κ3) is 5.04. The van der Waals surface area contributed by atoms with Gasteiger partial charge in [-0.25, -0.2) is 0 Å². The van der Waals surface area contributed by atoms with E-state index in [1.54, 1.807) is 0 Å². The average molecular weight is 311 g/mol. The number of halogens is 2. The predicted molar refractivity (Wildman–Crippen MR) is 79.6 cm³/mol. The van der Waals surface area contributed by atoms with Crippen molar-refractivity contribution in [1.29, 1.82) is 0 Å². The highest BCUT2D eigenvalue weighted by atomic mass is 35.5. The lowest BCUT2D eigenvalue weighted by molar-refractivity contribution is -0.00000437. The zero-order chi connectivity index (χ0) is 13.5. The fourth-order valence-electron chi connectivity index (χ4n) is 1.85. The summed E-state index contributed by atoms with van der Waals surface area (Å²) in [7, 11) is 0. The Hall–Kier alpha value is -1.22. The molecule has 0 fully saturated rings. The van der Waals surface area contributed by atoms with E-state index < -0.39 is 0 Å². The van der Waals surface area contributed by atoms with Crippen molar-refractivity contribution >= 4 is 11.6 Å². The third-order valence-corrected chi connectivity index (χ3v) is 3.21. The molecular weight excluding hydrogens is 293 g/mol. The van der Waals surface area contributed by atoms with Crippen molar-refractivity contribution in [2.45, 2.75) is 20.0 Å². The Bertz CT molecular complexity index is 514. The van der Waals surface area contributed by atoms with Gasteiger partial charge in [0, 0.05) is 18.1 Å². The van der Waals surface area contributed by atoms with Gasteiger partial charge in [-0.3, -0.25) is 0 Å². The van der Waals surface area contributed by atoms with Crippen LogP contribution in [0.4, 0.5) is 0 Å². The van der Waals surface area contributed by atoms with Gasteiger partial charge in [0.2, 0.25) is 0 Å². The van der Waals surface area contributed by atoms with Crippen LogP contribution in [-0.4, -0.2) is 6.61 Å². The molecule has 20 heavy (non-hydrogen) atoms. The molecule has 0 unspecified atom stereocenters. The van der Waals surface area contributed by atoms with Crippen molar-refractivity contribution in [2.24, 2.45) is 0 Å². The van der Waals surface area contributed by atoms with E-state index in [9.17, 15) is 0 Å². The summed E-state index contributed by atoms with van der Waals surface area (Å²) in [5.41, 5.74) is 2.35. The maximum atomic E-state index is 6.11. The van der Waals surface area contributed by atoms with Gasteiger partial charge in [0.15, 0.2) is 0 Å². The van der Waals surface area contributed by atoms with E-state index in [0.29, 0.717) is 6.61 Å². The Kier molecular flexibility index (Phi) is 7.45. The molecule has 0 heterocycles. The standard InChI is InChI=1S/C16H18ClNO.ClH/c1-2-19-15-9-7-13(8-10-15)11-18-12-14-5-3-4-6-16(14)17;/h3-10,18H,2,11-12H2,1H3;1H/p-1. The molecule has 0 atom stereocenters. The maximum Gasteiger partial charge on any atom is 0.119 e. The van der Waals surface area contributed by atoms with Crippen molar-refractivity contribution in [1.82, 2.24) is 5.32 Å². The lowest BCUT2D eigenvalue weighted by Gasteiger charge is -2.08. The van der Waals surface area contributed by atoms with Gasteiger partial charge in [0.05, 0.1) is 6.61 Å². The first kappa shape index (κ1) is 16.8. The molecule has 2 aromatic carbocycles. The molecule has 2 nitrogen and oxygen atoms in total. The molecule has 0 aromatic heterocycles. The summed E-state index contributed by atoms with van der Waals surface area (Å²) in [6.45, 7) is 4.27. The second kappa shape index (κ2) is 8.85. The van der Waals surface area contributed by atoms with Crippen LogP contribution in [0.15, 0.2) is 48.5 Å². The predicted octanol–water partition coefficient (Wildman–Crippen LogP) is 1.03. The Labute approximate surface area is 131 Å². The molecule has 0 aliphatic heterocycles. The highest BCUT2D eigenvalue weighted by molar-refractivity contribution is 6.31. The van der Waals surface area contributed by atoms with E-state index in [0.717, 1.165) is 29.4 Å². The first-order chi connectivity index (χ1) is 9.29. The molecule has 0 saturated carbocycles. The van der Waals surface area contributed by atoms with Crippen LogP contribution in [0.2, 0.25) is 5.02 Å². The number of benzene rings is 2. The number of rotatable bonds is 6. The van der Waals surface area contributed by atoms with Crippen LogP contribution in [0.5, 0.6) is 5.75 Å². The van der Waals surface area contributed by atoms with Crippen LogP contribution in [0.3, 0.4) is 0 Å². The van der Waals surface area contributed by atoms with Gasteiger partial charge in [-0.1, -0.05) is 41.9 Å². The summed E-state index contributed by atoms with van der Waals surface area (Å²) >= 11 is 6.11. The molecular formula is C16H18Cl2NO-. The minimum absolute atomic E-state index is 0. The molecule has 1 N–H and O–H groups in total. The molecule has 0 spiro atoms. The topological polar surface area (TPSA) is 21.3 Å². The molecule has 0 bridgehead atoms. The summed E-state index contributed by atoms with van der Waals surface area (Å²) < 4.78 is 5.41. The molecule has 2 aromatic rings. The second-order valence-corrected chi connectivity index (χ2v) is 4.68. The largest absolute Gasteiger partial charge is 1.00 e. The van der Waals surface area contributed by atoms with E-state index in [-0.39, 0.29) is 12.4 Å². The minimum atomic E-state index is 0. The van der Waals surface area contributed by atoms with Crippen molar-refractivity contribution in [3.63, 3.8) is 0 Å². The van der Waals surface area contributed by atoms with Crippen LogP contribution in [-0.2, 0) is 13.1 Å². The number of nitrogens with one attached hydrogen (secondary N) is 1.